The predicted octanol–water partition coefficient (Wildman–Crippen LogP) is 2.74. The van der Waals surface area contributed by atoms with E-state index < -0.39 is 6.09 Å². The summed E-state index contributed by atoms with van der Waals surface area (Å²) in [6.07, 6.45) is -0.472. The van der Waals surface area contributed by atoms with Crippen LogP contribution in [0.4, 0.5) is 4.79 Å². The van der Waals surface area contributed by atoms with Crippen molar-refractivity contribution in [2.24, 2.45) is 0 Å². The molecule has 0 saturated carbocycles. The number of benzene rings is 1. The van der Waals surface area contributed by atoms with E-state index in [9.17, 15) is 9.59 Å². The summed E-state index contributed by atoms with van der Waals surface area (Å²) in [5, 5.41) is 0. The number of nitrogens with zero attached hydrogens (tertiary/aromatic N) is 1. The van der Waals surface area contributed by atoms with Crippen molar-refractivity contribution < 1.29 is 19.1 Å². The molecule has 1 aromatic rings. The Morgan fingerprint density at radius 2 is 1.74 bits per heavy atom. The fraction of sp³-hybridized carbons (Fsp3) is 0.429. The van der Waals surface area contributed by atoms with E-state index in [1.54, 1.807) is 18.2 Å². The number of hydrogen-bond donors (Lipinski definition) is 0. The molecule has 0 bridgehead atoms. The van der Waals surface area contributed by atoms with Crippen LogP contribution in [0.1, 0.15) is 31.1 Å². The molecule has 5 heteroatoms. The molecule has 0 spiro atoms. The van der Waals surface area contributed by atoms with Gasteiger partial charge in [-0.1, -0.05) is 6.07 Å². The fourth-order valence-electron chi connectivity index (χ4n) is 1.75. The van der Waals surface area contributed by atoms with Gasteiger partial charge in [-0.05, 0) is 32.9 Å². The first-order valence-corrected chi connectivity index (χ1v) is 6.19. The van der Waals surface area contributed by atoms with Gasteiger partial charge < -0.3 is 14.4 Å². The van der Waals surface area contributed by atoms with Crippen LogP contribution in [0.3, 0.4) is 0 Å². The highest BCUT2D eigenvalue weighted by Gasteiger charge is 2.19. The molecule has 1 amide bonds. The van der Waals surface area contributed by atoms with Crippen molar-refractivity contribution in [1.82, 2.24) is 4.90 Å². The largest absolute Gasteiger partial charge is 0.496 e. The van der Waals surface area contributed by atoms with Crippen LogP contribution in [0.5, 0.6) is 11.5 Å². The Kier molecular flexibility index (Phi) is 5.36. The molecule has 104 valence electrons. The van der Waals surface area contributed by atoms with Crippen molar-refractivity contribution in [3.05, 3.63) is 23.8 Å². The molecular formula is C14H19NO4. The first-order chi connectivity index (χ1) is 9.04. The second-order valence-corrected chi connectivity index (χ2v) is 3.93. The van der Waals surface area contributed by atoms with Gasteiger partial charge in [-0.25, -0.2) is 4.79 Å². The number of ketones is 1. The zero-order chi connectivity index (χ0) is 14.4. The minimum Gasteiger partial charge on any atom is -0.496 e. The fourth-order valence-corrected chi connectivity index (χ4v) is 1.75. The Bertz CT molecular complexity index is 467. The normalized spacial score (nSPS) is 9.89. The van der Waals surface area contributed by atoms with Gasteiger partial charge in [0.05, 0.1) is 7.11 Å². The third-order valence-corrected chi connectivity index (χ3v) is 2.78. The second kappa shape index (κ2) is 6.78. The number of carbonyl (C=O) groups excluding carboxylic acids is 2. The highest BCUT2D eigenvalue weighted by molar-refractivity contribution is 6.00. The predicted molar refractivity (Wildman–Crippen MR) is 71.9 cm³/mol. The summed E-state index contributed by atoms with van der Waals surface area (Å²) < 4.78 is 10.4. The van der Waals surface area contributed by atoms with Crippen LogP contribution >= 0.6 is 0 Å². The van der Waals surface area contributed by atoms with E-state index >= 15 is 0 Å². The molecule has 5 nitrogen and oxygen atoms in total. The van der Waals surface area contributed by atoms with E-state index in [0.29, 0.717) is 18.8 Å². The van der Waals surface area contributed by atoms with E-state index in [4.69, 9.17) is 9.47 Å². The first-order valence-electron chi connectivity index (χ1n) is 6.19. The lowest BCUT2D eigenvalue weighted by molar-refractivity contribution is 0.101. The van der Waals surface area contributed by atoms with Crippen molar-refractivity contribution >= 4 is 11.9 Å². The molecule has 19 heavy (non-hydrogen) atoms. The van der Waals surface area contributed by atoms with Crippen LogP contribution in [0.25, 0.3) is 0 Å². The first kappa shape index (κ1) is 15.0. The number of carbonyl (C=O) groups is 2. The van der Waals surface area contributed by atoms with Gasteiger partial charge in [0.2, 0.25) is 0 Å². The molecule has 0 heterocycles. The number of Topliss-reactive ketones (excluding diaryl/α,β-unsaturated/α-hetero) is 1. The van der Waals surface area contributed by atoms with E-state index in [1.165, 1.54) is 18.9 Å². The van der Waals surface area contributed by atoms with Crippen LogP contribution in [-0.2, 0) is 0 Å². The molecular weight excluding hydrogens is 246 g/mol. The summed E-state index contributed by atoms with van der Waals surface area (Å²) in [5.41, 5.74) is 0.283. The SMILES string of the molecule is CCN(CC)C(=O)Oc1cccc(OC)c1C(C)=O. The van der Waals surface area contributed by atoms with Crippen LogP contribution in [0.15, 0.2) is 18.2 Å². The van der Waals surface area contributed by atoms with E-state index in [2.05, 4.69) is 0 Å². The van der Waals surface area contributed by atoms with Crippen molar-refractivity contribution in [2.45, 2.75) is 20.8 Å². The maximum Gasteiger partial charge on any atom is 0.415 e. The Balaban J connectivity index is 3.07. The summed E-state index contributed by atoms with van der Waals surface area (Å²) in [4.78, 5) is 25.1. The second-order valence-electron chi connectivity index (χ2n) is 3.93. The molecule has 0 saturated heterocycles. The molecule has 1 rings (SSSR count). The summed E-state index contributed by atoms with van der Waals surface area (Å²) in [6, 6.07) is 4.92. The monoisotopic (exact) mass is 265 g/mol. The topological polar surface area (TPSA) is 55.8 Å². The minimum atomic E-state index is -0.472. The number of methoxy groups -OCH3 is 1. The third-order valence-electron chi connectivity index (χ3n) is 2.78. The van der Waals surface area contributed by atoms with E-state index in [1.807, 2.05) is 13.8 Å². The Morgan fingerprint density at radius 3 is 2.21 bits per heavy atom. The van der Waals surface area contributed by atoms with Crippen LogP contribution in [-0.4, -0.2) is 37.0 Å². The highest BCUT2D eigenvalue weighted by atomic mass is 16.6. The van der Waals surface area contributed by atoms with Gasteiger partial charge in [0, 0.05) is 13.1 Å². The quantitative estimate of drug-likeness (QED) is 0.768. The molecule has 0 aliphatic rings. The van der Waals surface area contributed by atoms with E-state index in [0.717, 1.165) is 0 Å². The molecule has 0 aromatic heterocycles. The van der Waals surface area contributed by atoms with Gasteiger partial charge in [-0.3, -0.25) is 4.79 Å². The lowest BCUT2D eigenvalue weighted by Crippen LogP contribution is -2.33. The lowest BCUT2D eigenvalue weighted by Gasteiger charge is -2.19. The van der Waals surface area contributed by atoms with Gasteiger partial charge in [0.15, 0.2) is 5.78 Å². The number of amides is 1. The highest BCUT2D eigenvalue weighted by Crippen LogP contribution is 2.29. The van der Waals surface area contributed by atoms with Crippen molar-refractivity contribution in [3.63, 3.8) is 0 Å². The Labute approximate surface area is 113 Å². The summed E-state index contributed by atoms with van der Waals surface area (Å²) in [6.45, 7) is 6.24. The summed E-state index contributed by atoms with van der Waals surface area (Å²) >= 11 is 0. The van der Waals surface area contributed by atoms with Gasteiger partial charge in [-0.2, -0.15) is 0 Å². The minimum absolute atomic E-state index is 0.209. The average Bonchev–Trinajstić information content (AvgIpc) is 2.39. The molecule has 0 fully saturated rings. The van der Waals surface area contributed by atoms with Gasteiger partial charge in [0.1, 0.15) is 17.1 Å². The standard InChI is InChI=1S/C14H19NO4/c1-5-15(6-2)14(17)19-12-9-7-8-11(18-4)13(12)10(3)16/h7-9H,5-6H2,1-4H3. The van der Waals surface area contributed by atoms with Crippen molar-refractivity contribution in [3.8, 4) is 11.5 Å². The van der Waals surface area contributed by atoms with Gasteiger partial charge in [-0.15, -0.1) is 0 Å². The van der Waals surface area contributed by atoms with Crippen molar-refractivity contribution in [1.29, 1.82) is 0 Å². The average molecular weight is 265 g/mol. The molecule has 0 aliphatic carbocycles. The molecule has 0 N–H and O–H groups in total. The van der Waals surface area contributed by atoms with Gasteiger partial charge in [0.25, 0.3) is 0 Å². The molecule has 0 aliphatic heterocycles. The van der Waals surface area contributed by atoms with Gasteiger partial charge >= 0.3 is 6.09 Å². The van der Waals surface area contributed by atoms with Crippen molar-refractivity contribution in [2.75, 3.05) is 20.2 Å². The van der Waals surface area contributed by atoms with Crippen LogP contribution in [0, 0.1) is 0 Å². The zero-order valence-electron chi connectivity index (χ0n) is 11.7. The Hall–Kier alpha value is -2.04. The molecule has 0 atom stereocenters. The molecule has 0 radical (unpaired) electrons. The number of rotatable bonds is 5. The zero-order valence-corrected chi connectivity index (χ0v) is 11.7. The third kappa shape index (κ3) is 3.47. The van der Waals surface area contributed by atoms with Crippen LogP contribution < -0.4 is 9.47 Å². The lowest BCUT2D eigenvalue weighted by atomic mass is 10.1. The smallest absolute Gasteiger partial charge is 0.415 e. The molecule has 0 unspecified atom stereocenters. The summed E-state index contributed by atoms with van der Waals surface area (Å²) in [5.74, 6) is 0.417. The molecule has 1 aromatic carbocycles. The van der Waals surface area contributed by atoms with E-state index in [-0.39, 0.29) is 17.1 Å². The Morgan fingerprint density at radius 1 is 1.16 bits per heavy atom. The van der Waals surface area contributed by atoms with Crippen LogP contribution in [0.2, 0.25) is 0 Å². The number of ether oxygens (including phenoxy) is 2. The summed E-state index contributed by atoms with van der Waals surface area (Å²) in [7, 11) is 1.47. The maximum absolute atomic E-state index is 11.9. The number of hydrogen-bond acceptors (Lipinski definition) is 4. The maximum atomic E-state index is 11.9.